The fourth-order valence-corrected chi connectivity index (χ4v) is 1.45. The van der Waals surface area contributed by atoms with E-state index in [2.05, 4.69) is 0 Å². The summed E-state index contributed by atoms with van der Waals surface area (Å²) in [5, 5.41) is 11.9. The molecule has 2 rings (SSSR count). The van der Waals surface area contributed by atoms with Crippen molar-refractivity contribution in [3.8, 4) is 0 Å². The van der Waals surface area contributed by atoms with Gasteiger partial charge in [-0.3, -0.25) is 0 Å². The van der Waals surface area contributed by atoms with Crippen LogP contribution in [0.15, 0.2) is 60.7 Å². The summed E-state index contributed by atoms with van der Waals surface area (Å²) in [6.07, 6.45) is -0.766. The van der Waals surface area contributed by atoms with Crippen LogP contribution in [0.3, 0.4) is 0 Å². The minimum Gasteiger partial charge on any atom is -0.845 e. The van der Waals surface area contributed by atoms with Crippen molar-refractivity contribution in [1.29, 1.82) is 0 Å². The largest absolute Gasteiger partial charge is 1.00 e. The first kappa shape index (κ1) is 12.1. The minimum absolute atomic E-state index is 0. The van der Waals surface area contributed by atoms with E-state index in [1.165, 1.54) is 0 Å². The van der Waals surface area contributed by atoms with Crippen LogP contribution in [0.2, 0.25) is 0 Å². The Bertz CT molecular complexity index is 346. The molecule has 0 aromatic heterocycles. The Kier molecular flexibility index (Phi) is 4.65. The summed E-state index contributed by atoms with van der Waals surface area (Å²) in [4.78, 5) is 0. The van der Waals surface area contributed by atoms with Crippen LogP contribution >= 0.6 is 0 Å². The van der Waals surface area contributed by atoms with Crippen LogP contribution in [-0.2, 0) is 0 Å². The minimum atomic E-state index is -0.766. The molecule has 0 heterocycles. The second-order valence-corrected chi connectivity index (χ2v) is 3.20. The molecule has 0 aliphatic carbocycles. The molecular weight excluding hydrogens is 179 g/mol. The normalized spacial score (nSPS) is 9.73. The first-order valence-corrected chi connectivity index (χ1v) is 4.63. The Morgan fingerprint density at radius 1 is 0.667 bits per heavy atom. The molecule has 0 amide bonds. The predicted molar refractivity (Wildman–Crippen MR) is 54.7 cm³/mol. The van der Waals surface area contributed by atoms with Gasteiger partial charge in [0, 0.05) is 0 Å². The van der Waals surface area contributed by atoms with E-state index in [9.17, 15) is 5.11 Å². The molecule has 0 saturated heterocycles. The summed E-state index contributed by atoms with van der Waals surface area (Å²) >= 11 is 0. The van der Waals surface area contributed by atoms with Crippen molar-refractivity contribution >= 4 is 0 Å². The molecule has 0 saturated carbocycles. The van der Waals surface area contributed by atoms with Crippen molar-refractivity contribution in [3.05, 3.63) is 71.8 Å². The first-order chi connectivity index (χ1) is 6.88. The summed E-state index contributed by atoms with van der Waals surface area (Å²) < 4.78 is 0. The maximum Gasteiger partial charge on any atom is 1.00 e. The van der Waals surface area contributed by atoms with Gasteiger partial charge in [0.15, 0.2) is 0 Å². The zero-order valence-electron chi connectivity index (χ0n) is 8.76. The summed E-state index contributed by atoms with van der Waals surface area (Å²) in [6.45, 7) is 0. The molecule has 0 atom stereocenters. The molecule has 2 heteroatoms. The molecule has 1 nitrogen and oxygen atoms in total. The Balaban J connectivity index is 0.00000112. The SMILES string of the molecule is [Li+].[O-]C(c1ccccc1)c1ccccc1. The number of hydrogen-bond acceptors (Lipinski definition) is 1. The van der Waals surface area contributed by atoms with Crippen LogP contribution in [-0.4, -0.2) is 0 Å². The predicted octanol–water partition coefficient (Wildman–Crippen LogP) is -0.860. The van der Waals surface area contributed by atoms with Crippen LogP contribution in [0.1, 0.15) is 17.2 Å². The maximum absolute atomic E-state index is 11.9. The Morgan fingerprint density at radius 3 is 1.33 bits per heavy atom. The van der Waals surface area contributed by atoms with Crippen molar-refractivity contribution in [1.82, 2.24) is 0 Å². The van der Waals surface area contributed by atoms with E-state index in [0.717, 1.165) is 11.1 Å². The zero-order chi connectivity index (χ0) is 9.80. The molecule has 2 aromatic rings. The van der Waals surface area contributed by atoms with Crippen LogP contribution in [0.4, 0.5) is 0 Å². The standard InChI is InChI=1S/C13H11O.Li/c14-13(11-7-3-1-4-8-11)12-9-5-2-6-10-12;/h1-10,13H;/q-1;+1. The second kappa shape index (κ2) is 5.78. The van der Waals surface area contributed by atoms with Crippen molar-refractivity contribution in [2.75, 3.05) is 0 Å². The van der Waals surface area contributed by atoms with E-state index in [-0.39, 0.29) is 18.9 Å². The van der Waals surface area contributed by atoms with E-state index < -0.39 is 6.10 Å². The average Bonchev–Trinajstić information content (AvgIpc) is 2.30. The molecule has 2 aromatic carbocycles. The van der Waals surface area contributed by atoms with Gasteiger partial charge in [0.2, 0.25) is 0 Å². The maximum atomic E-state index is 11.9. The van der Waals surface area contributed by atoms with Crippen LogP contribution in [0, 0.1) is 0 Å². The van der Waals surface area contributed by atoms with Gasteiger partial charge in [-0.2, -0.15) is 0 Å². The van der Waals surface area contributed by atoms with Crippen LogP contribution in [0.5, 0.6) is 0 Å². The van der Waals surface area contributed by atoms with Gasteiger partial charge in [0.1, 0.15) is 0 Å². The smallest absolute Gasteiger partial charge is 0.845 e. The fourth-order valence-electron chi connectivity index (χ4n) is 1.45. The van der Waals surface area contributed by atoms with Gasteiger partial charge in [0.25, 0.3) is 0 Å². The molecule has 70 valence electrons. The molecule has 0 radical (unpaired) electrons. The number of benzene rings is 2. The number of hydrogen-bond donors (Lipinski definition) is 0. The Morgan fingerprint density at radius 2 is 1.00 bits per heavy atom. The summed E-state index contributed by atoms with van der Waals surface area (Å²) in [5.74, 6) is 0. The molecular formula is C13H11LiO. The van der Waals surface area contributed by atoms with Gasteiger partial charge in [-0.15, -0.1) is 0 Å². The summed E-state index contributed by atoms with van der Waals surface area (Å²) in [5.41, 5.74) is 1.64. The van der Waals surface area contributed by atoms with E-state index in [4.69, 9.17) is 0 Å². The van der Waals surface area contributed by atoms with Crippen LogP contribution in [0.25, 0.3) is 0 Å². The number of rotatable bonds is 2. The van der Waals surface area contributed by atoms with E-state index in [1.807, 2.05) is 60.7 Å². The van der Waals surface area contributed by atoms with Crippen molar-refractivity contribution in [3.63, 3.8) is 0 Å². The second-order valence-electron chi connectivity index (χ2n) is 3.20. The molecule has 0 aliphatic rings. The first-order valence-electron chi connectivity index (χ1n) is 4.63. The Labute approximate surface area is 102 Å². The van der Waals surface area contributed by atoms with Gasteiger partial charge in [-0.05, 0) is 0 Å². The zero-order valence-corrected chi connectivity index (χ0v) is 8.76. The third-order valence-corrected chi connectivity index (χ3v) is 2.20. The quantitative estimate of drug-likeness (QED) is 0.565. The van der Waals surface area contributed by atoms with Gasteiger partial charge in [0.05, 0.1) is 0 Å². The molecule has 0 unspecified atom stereocenters. The monoisotopic (exact) mass is 190 g/mol. The molecule has 0 fully saturated rings. The summed E-state index contributed by atoms with van der Waals surface area (Å²) in [6, 6.07) is 18.9. The third kappa shape index (κ3) is 2.97. The topological polar surface area (TPSA) is 23.1 Å². The van der Waals surface area contributed by atoms with Crippen molar-refractivity contribution in [2.45, 2.75) is 6.10 Å². The van der Waals surface area contributed by atoms with Crippen LogP contribution < -0.4 is 24.0 Å². The van der Waals surface area contributed by atoms with Gasteiger partial charge in [-0.1, -0.05) is 77.9 Å². The van der Waals surface area contributed by atoms with Gasteiger partial charge >= 0.3 is 18.9 Å². The van der Waals surface area contributed by atoms with E-state index >= 15 is 0 Å². The van der Waals surface area contributed by atoms with Crippen molar-refractivity contribution in [2.24, 2.45) is 0 Å². The molecule has 0 spiro atoms. The average molecular weight is 190 g/mol. The Hall–Kier alpha value is -1.00. The van der Waals surface area contributed by atoms with Gasteiger partial charge in [-0.25, -0.2) is 0 Å². The third-order valence-electron chi connectivity index (χ3n) is 2.20. The van der Waals surface area contributed by atoms with Crippen molar-refractivity contribution < 1.29 is 24.0 Å². The molecule has 0 aliphatic heterocycles. The van der Waals surface area contributed by atoms with E-state index in [1.54, 1.807) is 0 Å². The fraction of sp³-hybridized carbons (Fsp3) is 0.0769. The van der Waals surface area contributed by atoms with Gasteiger partial charge < -0.3 is 5.11 Å². The molecule has 0 N–H and O–H groups in total. The van der Waals surface area contributed by atoms with E-state index in [0.29, 0.717) is 0 Å². The molecule has 15 heavy (non-hydrogen) atoms. The molecule has 0 bridgehead atoms. The summed E-state index contributed by atoms with van der Waals surface area (Å²) in [7, 11) is 0.